The first-order valence-electron chi connectivity index (χ1n) is 9.59. The van der Waals surface area contributed by atoms with Crippen molar-refractivity contribution in [2.75, 3.05) is 31.1 Å². The summed E-state index contributed by atoms with van der Waals surface area (Å²) in [5.41, 5.74) is 6.44. The summed E-state index contributed by atoms with van der Waals surface area (Å²) in [6.45, 7) is 8.16. The molecule has 0 N–H and O–H groups in total. The van der Waals surface area contributed by atoms with Gasteiger partial charge in [-0.05, 0) is 75.6 Å². The average molecular weight is 331 g/mol. The molecule has 2 aliphatic heterocycles. The van der Waals surface area contributed by atoms with Crippen LogP contribution in [-0.2, 0) is 6.54 Å². The molecule has 5 rings (SSSR count). The first-order valence-corrected chi connectivity index (χ1v) is 9.59. The third-order valence-electron chi connectivity index (χ3n) is 5.83. The molecule has 3 nitrogen and oxygen atoms in total. The highest BCUT2D eigenvalue weighted by molar-refractivity contribution is 6.06. The molecule has 1 saturated heterocycles. The standard InChI is InChI=1S/C22H25N3/c1-16-8-9-19-17(14-16)18-15-25(13-5-12-24-10-2-3-11-24)21-7-4-6-20(23-19)22(18)21/h4,6-9,14H,2-3,5,10-13,15H2,1H3. The zero-order chi connectivity index (χ0) is 16.8. The predicted molar refractivity (Wildman–Crippen MR) is 105 cm³/mol. The smallest absolute Gasteiger partial charge is 0.0734 e. The lowest BCUT2D eigenvalue weighted by molar-refractivity contribution is 0.334. The van der Waals surface area contributed by atoms with Crippen molar-refractivity contribution >= 4 is 27.5 Å². The number of hydrogen-bond acceptors (Lipinski definition) is 3. The zero-order valence-electron chi connectivity index (χ0n) is 15.0. The molecule has 0 aliphatic carbocycles. The Bertz CT molecular complexity index is 941. The minimum Gasteiger partial charge on any atom is -0.367 e. The van der Waals surface area contributed by atoms with Crippen LogP contribution in [0.5, 0.6) is 0 Å². The van der Waals surface area contributed by atoms with E-state index >= 15 is 0 Å². The summed E-state index contributed by atoms with van der Waals surface area (Å²) in [6.07, 6.45) is 4.01. The number of aromatic nitrogens is 1. The van der Waals surface area contributed by atoms with Gasteiger partial charge in [0, 0.05) is 29.5 Å². The molecule has 0 radical (unpaired) electrons. The van der Waals surface area contributed by atoms with Gasteiger partial charge < -0.3 is 9.80 Å². The molecule has 3 aromatic rings. The van der Waals surface area contributed by atoms with Crippen molar-refractivity contribution in [3.8, 4) is 0 Å². The van der Waals surface area contributed by atoms with Crippen molar-refractivity contribution in [3.63, 3.8) is 0 Å². The highest BCUT2D eigenvalue weighted by atomic mass is 15.2. The first-order chi connectivity index (χ1) is 12.3. The SMILES string of the molecule is Cc1ccc2nc3cccc4c3c(c2c1)CN4CCCN1CCCC1. The molecule has 2 aromatic carbocycles. The number of pyridine rings is 1. The van der Waals surface area contributed by atoms with Gasteiger partial charge in [0.2, 0.25) is 0 Å². The molecule has 2 aliphatic rings. The average Bonchev–Trinajstić information content (AvgIpc) is 3.26. The van der Waals surface area contributed by atoms with Crippen LogP contribution in [0.4, 0.5) is 5.69 Å². The maximum Gasteiger partial charge on any atom is 0.0734 e. The fourth-order valence-electron chi connectivity index (χ4n) is 4.58. The Kier molecular flexibility index (Phi) is 3.63. The van der Waals surface area contributed by atoms with Gasteiger partial charge in [-0.2, -0.15) is 0 Å². The number of fused-ring (bicyclic) bond motifs is 2. The lowest BCUT2D eigenvalue weighted by Crippen LogP contribution is -2.26. The number of aryl methyl sites for hydroxylation is 1. The fraction of sp³-hybridized carbons (Fsp3) is 0.409. The lowest BCUT2D eigenvalue weighted by atomic mass is 10.0. The maximum atomic E-state index is 4.92. The fourth-order valence-corrected chi connectivity index (χ4v) is 4.58. The third-order valence-corrected chi connectivity index (χ3v) is 5.83. The zero-order valence-corrected chi connectivity index (χ0v) is 15.0. The molecule has 3 heteroatoms. The second kappa shape index (κ2) is 5.99. The van der Waals surface area contributed by atoms with Gasteiger partial charge in [0.25, 0.3) is 0 Å². The van der Waals surface area contributed by atoms with Crippen molar-refractivity contribution in [1.82, 2.24) is 9.88 Å². The van der Waals surface area contributed by atoms with E-state index < -0.39 is 0 Å². The molecule has 1 aromatic heterocycles. The molecule has 25 heavy (non-hydrogen) atoms. The van der Waals surface area contributed by atoms with Crippen LogP contribution in [0.15, 0.2) is 36.4 Å². The highest BCUT2D eigenvalue weighted by Gasteiger charge is 2.24. The van der Waals surface area contributed by atoms with Crippen molar-refractivity contribution in [2.45, 2.75) is 32.7 Å². The number of benzene rings is 2. The summed E-state index contributed by atoms with van der Waals surface area (Å²) in [5.74, 6) is 0. The molecule has 0 atom stereocenters. The van der Waals surface area contributed by atoms with Crippen LogP contribution in [-0.4, -0.2) is 36.1 Å². The molecular formula is C22H25N3. The summed E-state index contributed by atoms with van der Waals surface area (Å²) in [4.78, 5) is 10.1. The Balaban J connectivity index is 1.48. The topological polar surface area (TPSA) is 19.4 Å². The Hall–Kier alpha value is -2.13. The number of nitrogens with zero attached hydrogens (tertiary/aromatic N) is 3. The van der Waals surface area contributed by atoms with Crippen molar-refractivity contribution in [2.24, 2.45) is 0 Å². The molecule has 1 fully saturated rings. The maximum absolute atomic E-state index is 4.92. The predicted octanol–water partition coefficient (Wildman–Crippen LogP) is 4.50. The van der Waals surface area contributed by atoms with E-state index in [1.807, 2.05) is 0 Å². The molecule has 0 unspecified atom stereocenters. The minimum absolute atomic E-state index is 1.03. The van der Waals surface area contributed by atoms with Gasteiger partial charge in [0.15, 0.2) is 0 Å². The van der Waals surface area contributed by atoms with Crippen LogP contribution in [0.25, 0.3) is 21.8 Å². The lowest BCUT2D eigenvalue weighted by Gasteiger charge is -2.21. The summed E-state index contributed by atoms with van der Waals surface area (Å²) in [5, 5.41) is 2.71. The molecule has 0 spiro atoms. The van der Waals surface area contributed by atoms with Gasteiger partial charge in [-0.1, -0.05) is 17.7 Å². The monoisotopic (exact) mass is 331 g/mol. The van der Waals surface area contributed by atoms with Crippen LogP contribution in [0.1, 0.15) is 30.4 Å². The number of anilines is 1. The number of hydrogen-bond donors (Lipinski definition) is 0. The van der Waals surface area contributed by atoms with E-state index in [1.54, 1.807) is 0 Å². The molecule has 3 heterocycles. The van der Waals surface area contributed by atoms with Crippen LogP contribution in [0.3, 0.4) is 0 Å². The van der Waals surface area contributed by atoms with Crippen LogP contribution < -0.4 is 4.90 Å². The van der Waals surface area contributed by atoms with Gasteiger partial charge in [-0.15, -0.1) is 0 Å². The van der Waals surface area contributed by atoms with Gasteiger partial charge in [-0.3, -0.25) is 0 Å². The molecule has 128 valence electrons. The Morgan fingerprint density at radius 3 is 2.76 bits per heavy atom. The second-order valence-corrected chi connectivity index (χ2v) is 7.61. The highest BCUT2D eigenvalue weighted by Crippen LogP contribution is 2.40. The van der Waals surface area contributed by atoms with E-state index in [-0.39, 0.29) is 0 Å². The van der Waals surface area contributed by atoms with Gasteiger partial charge in [0.05, 0.1) is 11.0 Å². The quantitative estimate of drug-likeness (QED) is 0.656. The number of likely N-dealkylation sites (tertiary alicyclic amines) is 1. The Morgan fingerprint density at radius 2 is 1.88 bits per heavy atom. The molecular weight excluding hydrogens is 306 g/mol. The van der Waals surface area contributed by atoms with E-state index in [2.05, 4.69) is 53.1 Å². The normalized spacial score (nSPS) is 17.2. The van der Waals surface area contributed by atoms with E-state index in [4.69, 9.17) is 4.98 Å². The van der Waals surface area contributed by atoms with Crippen LogP contribution in [0, 0.1) is 6.92 Å². The summed E-state index contributed by atoms with van der Waals surface area (Å²) >= 11 is 0. The van der Waals surface area contributed by atoms with Crippen molar-refractivity contribution < 1.29 is 0 Å². The van der Waals surface area contributed by atoms with Crippen LogP contribution >= 0.6 is 0 Å². The van der Waals surface area contributed by atoms with E-state index in [0.717, 1.165) is 24.1 Å². The van der Waals surface area contributed by atoms with E-state index in [9.17, 15) is 0 Å². The van der Waals surface area contributed by atoms with E-state index in [1.165, 1.54) is 66.5 Å². The summed E-state index contributed by atoms with van der Waals surface area (Å²) in [7, 11) is 0. The largest absolute Gasteiger partial charge is 0.367 e. The Labute approximate surface area is 149 Å². The number of rotatable bonds is 4. The summed E-state index contributed by atoms with van der Waals surface area (Å²) in [6, 6.07) is 13.2. The molecule has 0 amide bonds. The molecule has 0 bridgehead atoms. The van der Waals surface area contributed by atoms with Crippen molar-refractivity contribution in [1.29, 1.82) is 0 Å². The minimum atomic E-state index is 1.03. The van der Waals surface area contributed by atoms with Crippen molar-refractivity contribution in [3.05, 3.63) is 47.5 Å². The van der Waals surface area contributed by atoms with Gasteiger partial charge >= 0.3 is 0 Å². The van der Waals surface area contributed by atoms with Gasteiger partial charge in [-0.25, -0.2) is 4.98 Å². The van der Waals surface area contributed by atoms with E-state index in [0.29, 0.717) is 0 Å². The molecule has 0 saturated carbocycles. The third kappa shape index (κ3) is 2.58. The second-order valence-electron chi connectivity index (χ2n) is 7.61. The summed E-state index contributed by atoms with van der Waals surface area (Å²) < 4.78 is 0. The van der Waals surface area contributed by atoms with Gasteiger partial charge in [0.1, 0.15) is 0 Å². The first kappa shape index (κ1) is 15.2. The Morgan fingerprint density at radius 1 is 1.00 bits per heavy atom. The van der Waals surface area contributed by atoms with Crippen LogP contribution in [0.2, 0.25) is 0 Å².